The minimum absolute atomic E-state index is 0.274. The predicted octanol–water partition coefficient (Wildman–Crippen LogP) is 2.60. The molecule has 0 aliphatic carbocycles. The van der Waals surface area contributed by atoms with Crippen LogP contribution in [0.5, 0.6) is 5.88 Å². The zero-order valence-electron chi connectivity index (χ0n) is 15.6. The lowest BCUT2D eigenvalue weighted by Gasteiger charge is -2.21. The fraction of sp³-hybridized carbons (Fsp3) is 0.667. The van der Waals surface area contributed by atoms with Crippen LogP contribution in [0.25, 0.3) is 0 Å². The molecule has 0 aliphatic heterocycles. The van der Waals surface area contributed by atoms with Crippen molar-refractivity contribution in [3.05, 3.63) is 23.9 Å². The highest BCUT2D eigenvalue weighted by Crippen LogP contribution is 2.10. The van der Waals surface area contributed by atoms with E-state index in [1.807, 2.05) is 19.1 Å². The van der Waals surface area contributed by atoms with Gasteiger partial charge in [0.15, 0.2) is 5.96 Å². The summed E-state index contributed by atoms with van der Waals surface area (Å²) in [4.78, 5) is 8.80. The first-order valence-electron chi connectivity index (χ1n) is 8.73. The maximum absolute atomic E-state index is 5.78. The number of guanidine groups is 1. The van der Waals surface area contributed by atoms with E-state index in [0.717, 1.165) is 37.6 Å². The highest BCUT2D eigenvalue weighted by molar-refractivity contribution is 5.79. The lowest BCUT2D eigenvalue weighted by atomic mass is 10.0. The molecule has 1 heterocycles. The molecule has 0 amide bonds. The summed E-state index contributed by atoms with van der Waals surface area (Å²) in [6.07, 6.45) is 3.02. The molecule has 0 aliphatic rings. The first kappa shape index (κ1) is 20.2. The van der Waals surface area contributed by atoms with E-state index < -0.39 is 0 Å². The molecule has 1 atom stereocenters. The molecule has 0 saturated carbocycles. The molecule has 0 radical (unpaired) electrons. The molecule has 6 heteroatoms. The van der Waals surface area contributed by atoms with Crippen LogP contribution < -0.4 is 15.4 Å². The predicted molar refractivity (Wildman–Crippen MR) is 98.5 cm³/mol. The van der Waals surface area contributed by atoms with Crippen molar-refractivity contribution in [2.45, 2.75) is 46.8 Å². The highest BCUT2D eigenvalue weighted by atomic mass is 16.5. The molecule has 1 rings (SSSR count). The Labute approximate surface area is 146 Å². The topological polar surface area (TPSA) is 67.8 Å². The number of hydrogen-bond acceptors (Lipinski definition) is 4. The van der Waals surface area contributed by atoms with E-state index >= 15 is 0 Å². The number of ether oxygens (including phenoxy) is 2. The van der Waals surface area contributed by atoms with Gasteiger partial charge in [0.2, 0.25) is 5.88 Å². The minimum Gasteiger partial charge on any atom is -0.481 e. The Morgan fingerprint density at radius 2 is 2.04 bits per heavy atom. The summed E-state index contributed by atoms with van der Waals surface area (Å²) in [6, 6.07) is 3.82. The molecule has 0 aromatic carbocycles. The van der Waals surface area contributed by atoms with Gasteiger partial charge < -0.3 is 20.1 Å². The number of pyridine rings is 1. The van der Waals surface area contributed by atoms with E-state index in [2.05, 4.69) is 41.4 Å². The first-order valence-corrected chi connectivity index (χ1v) is 8.73. The van der Waals surface area contributed by atoms with Crippen molar-refractivity contribution in [3.8, 4) is 5.88 Å². The SMILES string of the molecule is CCNC(=NCc1ccc(OC)nc1)NCCC(OCC)C(C)C. The number of nitrogens with one attached hydrogen (secondary N) is 2. The van der Waals surface area contributed by atoms with Gasteiger partial charge in [-0.25, -0.2) is 9.98 Å². The quantitative estimate of drug-likeness (QED) is 0.508. The molecular formula is C18H32N4O2. The molecule has 1 aromatic rings. The summed E-state index contributed by atoms with van der Waals surface area (Å²) in [6.45, 7) is 11.5. The van der Waals surface area contributed by atoms with Crippen LogP contribution >= 0.6 is 0 Å². The van der Waals surface area contributed by atoms with E-state index in [4.69, 9.17) is 9.47 Å². The summed E-state index contributed by atoms with van der Waals surface area (Å²) in [5.41, 5.74) is 1.04. The molecule has 136 valence electrons. The third-order valence-electron chi connectivity index (χ3n) is 3.62. The number of methoxy groups -OCH3 is 1. The fourth-order valence-electron chi connectivity index (χ4n) is 2.29. The van der Waals surface area contributed by atoms with Crippen molar-refractivity contribution >= 4 is 5.96 Å². The van der Waals surface area contributed by atoms with E-state index in [1.54, 1.807) is 13.3 Å². The average Bonchev–Trinajstić information content (AvgIpc) is 2.59. The Kier molecular flexibility index (Phi) is 9.84. The maximum Gasteiger partial charge on any atom is 0.212 e. The van der Waals surface area contributed by atoms with Crippen molar-refractivity contribution in [1.29, 1.82) is 0 Å². The number of hydrogen-bond donors (Lipinski definition) is 2. The Bertz CT molecular complexity index is 474. The molecule has 0 spiro atoms. The molecule has 0 saturated heterocycles. The molecule has 24 heavy (non-hydrogen) atoms. The van der Waals surface area contributed by atoms with Crippen molar-refractivity contribution in [3.63, 3.8) is 0 Å². The lowest BCUT2D eigenvalue weighted by molar-refractivity contribution is 0.0258. The van der Waals surface area contributed by atoms with Crippen LogP contribution in [-0.2, 0) is 11.3 Å². The van der Waals surface area contributed by atoms with Crippen molar-refractivity contribution in [1.82, 2.24) is 15.6 Å². The number of rotatable bonds is 10. The minimum atomic E-state index is 0.274. The third kappa shape index (κ3) is 7.64. The van der Waals surface area contributed by atoms with Crippen molar-refractivity contribution < 1.29 is 9.47 Å². The molecule has 0 bridgehead atoms. The van der Waals surface area contributed by atoms with E-state index in [1.165, 1.54) is 0 Å². The normalized spacial score (nSPS) is 13.0. The highest BCUT2D eigenvalue weighted by Gasteiger charge is 2.12. The first-order chi connectivity index (χ1) is 11.6. The van der Waals surface area contributed by atoms with Gasteiger partial charge in [0.05, 0.1) is 19.8 Å². The monoisotopic (exact) mass is 336 g/mol. The Hall–Kier alpha value is -1.82. The van der Waals surface area contributed by atoms with Crippen LogP contribution in [0.4, 0.5) is 0 Å². The molecule has 1 unspecified atom stereocenters. The van der Waals surface area contributed by atoms with Gasteiger partial charge in [-0.05, 0) is 31.7 Å². The van der Waals surface area contributed by atoms with E-state index in [9.17, 15) is 0 Å². The summed E-state index contributed by atoms with van der Waals surface area (Å²) < 4.78 is 10.8. The van der Waals surface area contributed by atoms with Gasteiger partial charge >= 0.3 is 0 Å². The molecular weight excluding hydrogens is 304 g/mol. The second-order valence-electron chi connectivity index (χ2n) is 5.86. The molecule has 1 aromatic heterocycles. The van der Waals surface area contributed by atoms with Gasteiger partial charge in [0.1, 0.15) is 0 Å². The fourth-order valence-corrected chi connectivity index (χ4v) is 2.29. The number of aliphatic imine (C=N–C) groups is 1. The van der Waals surface area contributed by atoms with Crippen LogP contribution in [0.3, 0.4) is 0 Å². The van der Waals surface area contributed by atoms with E-state index in [-0.39, 0.29) is 6.10 Å². The molecule has 2 N–H and O–H groups in total. The van der Waals surface area contributed by atoms with Crippen LogP contribution in [-0.4, -0.2) is 43.9 Å². The smallest absolute Gasteiger partial charge is 0.212 e. The van der Waals surface area contributed by atoms with Crippen LogP contribution in [0.1, 0.15) is 39.7 Å². The van der Waals surface area contributed by atoms with Gasteiger partial charge in [-0.2, -0.15) is 0 Å². The van der Waals surface area contributed by atoms with Gasteiger partial charge in [-0.1, -0.05) is 19.9 Å². The van der Waals surface area contributed by atoms with Crippen LogP contribution in [0.2, 0.25) is 0 Å². The maximum atomic E-state index is 5.78. The molecule has 6 nitrogen and oxygen atoms in total. The zero-order chi connectivity index (χ0) is 17.8. The van der Waals surface area contributed by atoms with Crippen LogP contribution in [0, 0.1) is 5.92 Å². The van der Waals surface area contributed by atoms with Gasteiger partial charge in [0.25, 0.3) is 0 Å². The third-order valence-corrected chi connectivity index (χ3v) is 3.62. The van der Waals surface area contributed by atoms with Gasteiger partial charge in [0, 0.05) is 32.0 Å². The zero-order valence-corrected chi connectivity index (χ0v) is 15.6. The summed E-state index contributed by atoms with van der Waals surface area (Å²) in [5.74, 6) is 1.94. The Morgan fingerprint density at radius 1 is 1.25 bits per heavy atom. The summed E-state index contributed by atoms with van der Waals surface area (Å²) in [5, 5.41) is 6.63. The van der Waals surface area contributed by atoms with Crippen molar-refractivity contribution in [2.24, 2.45) is 10.9 Å². The summed E-state index contributed by atoms with van der Waals surface area (Å²) in [7, 11) is 1.61. The Balaban J connectivity index is 2.52. The van der Waals surface area contributed by atoms with Crippen LogP contribution in [0.15, 0.2) is 23.3 Å². The molecule has 0 fully saturated rings. The standard InChI is InChI=1S/C18H32N4O2/c1-6-19-18(20-11-10-16(14(3)4)24-7-2)22-13-15-8-9-17(23-5)21-12-15/h8-9,12,14,16H,6-7,10-11,13H2,1-5H3,(H2,19,20,22). The van der Waals surface area contributed by atoms with Gasteiger partial charge in [-0.15, -0.1) is 0 Å². The van der Waals surface area contributed by atoms with Crippen molar-refractivity contribution in [2.75, 3.05) is 26.8 Å². The average molecular weight is 336 g/mol. The lowest BCUT2D eigenvalue weighted by Crippen LogP contribution is -2.39. The Morgan fingerprint density at radius 3 is 2.58 bits per heavy atom. The largest absolute Gasteiger partial charge is 0.481 e. The summed E-state index contributed by atoms with van der Waals surface area (Å²) >= 11 is 0. The van der Waals surface area contributed by atoms with Gasteiger partial charge in [-0.3, -0.25) is 0 Å². The second-order valence-corrected chi connectivity index (χ2v) is 5.86. The van der Waals surface area contributed by atoms with E-state index in [0.29, 0.717) is 18.3 Å². The second kappa shape index (κ2) is 11.7. The number of aromatic nitrogens is 1. The number of nitrogens with zero attached hydrogens (tertiary/aromatic N) is 2.